The lowest BCUT2D eigenvalue weighted by Gasteiger charge is -2.35. The molecule has 2 aromatic carbocycles. The van der Waals surface area contributed by atoms with Gasteiger partial charge >= 0.3 is 0 Å². The summed E-state index contributed by atoms with van der Waals surface area (Å²) < 4.78 is 10.7. The topological polar surface area (TPSA) is 75.7 Å². The minimum atomic E-state index is -0.166. The number of rotatable bonds is 7. The van der Waals surface area contributed by atoms with Crippen LogP contribution in [0.5, 0.6) is 11.5 Å². The number of hydrogen-bond donors (Lipinski definition) is 2. The van der Waals surface area contributed by atoms with Crippen molar-refractivity contribution >= 4 is 28.6 Å². The molecule has 1 amide bonds. The van der Waals surface area contributed by atoms with Crippen LogP contribution >= 0.6 is 11.3 Å². The number of anilines is 2. The first-order chi connectivity index (χ1) is 16.1. The van der Waals surface area contributed by atoms with Gasteiger partial charge in [-0.1, -0.05) is 0 Å². The van der Waals surface area contributed by atoms with Crippen molar-refractivity contribution in [2.24, 2.45) is 0 Å². The fourth-order valence-corrected chi connectivity index (χ4v) is 5.13. The third-order valence-corrected chi connectivity index (χ3v) is 6.93. The molecular formula is C25H28N4O3S. The molecule has 1 saturated heterocycles. The Balaban J connectivity index is 1.11. The molecule has 2 N–H and O–H groups in total. The molecule has 8 heteroatoms. The van der Waals surface area contributed by atoms with E-state index in [1.807, 2.05) is 23.8 Å². The first-order valence-electron chi connectivity index (χ1n) is 11.3. The van der Waals surface area contributed by atoms with E-state index >= 15 is 0 Å². The van der Waals surface area contributed by atoms with E-state index in [4.69, 9.17) is 9.47 Å². The average Bonchev–Trinajstić information content (AvgIpc) is 3.51. The number of ether oxygens (including phenoxy) is 2. The Hall–Kier alpha value is -3.10. The fourth-order valence-electron chi connectivity index (χ4n) is 4.41. The quantitative estimate of drug-likeness (QED) is 0.543. The zero-order valence-corrected chi connectivity index (χ0v) is 19.4. The molecule has 0 unspecified atom stereocenters. The maximum atomic E-state index is 12.6. The summed E-state index contributed by atoms with van der Waals surface area (Å²) in [7, 11) is 0. The lowest BCUT2D eigenvalue weighted by molar-refractivity contribution is 0.102. The second-order valence-electron chi connectivity index (χ2n) is 8.57. The van der Waals surface area contributed by atoms with Gasteiger partial charge < -0.3 is 25.0 Å². The summed E-state index contributed by atoms with van der Waals surface area (Å²) in [6.45, 7) is 4.49. The monoisotopic (exact) mass is 464 g/mol. The lowest BCUT2D eigenvalue weighted by Crippen LogP contribution is -2.46. The van der Waals surface area contributed by atoms with E-state index < -0.39 is 0 Å². The van der Waals surface area contributed by atoms with Crippen molar-refractivity contribution in [2.45, 2.75) is 38.3 Å². The first kappa shape index (κ1) is 21.7. The zero-order valence-electron chi connectivity index (χ0n) is 18.6. The highest BCUT2D eigenvalue weighted by molar-refractivity contribution is 7.09. The maximum Gasteiger partial charge on any atom is 0.255 e. The van der Waals surface area contributed by atoms with Crippen LogP contribution < -0.4 is 25.0 Å². The lowest BCUT2D eigenvalue weighted by atomic mass is 10.0. The molecule has 1 aromatic heterocycles. The van der Waals surface area contributed by atoms with Gasteiger partial charge in [0.1, 0.15) is 0 Å². The number of piperidine rings is 1. The number of carbonyl (C=O) groups excluding carboxylic acids is 1. The van der Waals surface area contributed by atoms with Crippen LogP contribution in [0.1, 0.15) is 35.0 Å². The molecule has 0 spiro atoms. The molecule has 1 atom stereocenters. The predicted molar refractivity (Wildman–Crippen MR) is 131 cm³/mol. The van der Waals surface area contributed by atoms with E-state index in [0.29, 0.717) is 29.1 Å². The van der Waals surface area contributed by atoms with E-state index in [1.165, 1.54) is 10.6 Å². The smallest absolute Gasteiger partial charge is 0.255 e. The van der Waals surface area contributed by atoms with Crippen LogP contribution in [0.2, 0.25) is 0 Å². The SMILES string of the molecule is C[C@@H](Cc1cncs1)NC1CCN(c2ccc(NC(=O)c3ccc4c(c3)OCO4)cc2)CC1. The number of aromatic nitrogens is 1. The zero-order chi connectivity index (χ0) is 22.6. The summed E-state index contributed by atoms with van der Waals surface area (Å²) in [6, 6.07) is 14.3. The molecule has 0 radical (unpaired) electrons. The van der Waals surface area contributed by atoms with Crippen LogP contribution in [0.3, 0.4) is 0 Å². The van der Waals surface area contributed by atoms with Crippen molar-refractivity contribution in [1.82, 2.24) is 10.3 Å². The molecule has 5 rings (SSSR count). The summed E-state index contributed by atoms with van der Waals surface area (Å²) >= 11 is 1.72. The summed E-state index contributed by atoms with van der Waals surface area (Å²) in [6.07, 6.45) is 5.24. The van der Waals surface area contributed by atoms with Gasteiger partial charge in [0.25, 0.3) is 5.91 Å². The fraction of sp³-hybridized carbons (Fsp3) is 0.360. The number of benzene rings is 2. The number of fused-ring (bicyclic) bond motifs is 1. The number of hydrogen-bond acceptors (Lipinski definition) is 7. The molecule has 0 saturated carbocycles. The van der Waals surface area contributed by atoms with E-state index in [2.05, 4.69) is 39.6 Å². The average molecular weight is 465 g/mol. The van der Waals surface area contributed by atoms with Gasteiger partial charge in [-0.05, 0) is 68.7 Å². The highest BCUT2D eigenvalue weighted by Gasteiger charge is 2.21. The van der Waals surface area contributed by atoms with Gasteiger partial charge in [-0.2, -0.15) is 0 Å². The highest BCUT2D eigenvalue weighted by Crippen LogP contribution is 2.32. The highest BCUT2D eigenvalue weighted by atomic mass is 32.1. The molecule has 2 aliphatic rings. The van der Waals surface area contributed by atoms with Crippen LogP contribution in [0.25, 0.3) is 0 Å². The standard InChI is InChI=1S/C25H28N4O3S/c1-17(12-22-14-26-15-33-22)27-20-8-10-29(11-9-20)21-5-3-19(4-6-21)28-25(30)18-2-7-23-24(13-18)32-16-31-23/h2-7,13-15,17,20,27H,8-12,16H2,1H3,(H,28,30)/t17-/m0/s1. The third kappa shape index (κ3) is 5.29. The minimum absolute atomic E-state index is 0.166. The van der Waals surface area contributed by atoms with Gasteiger partial charge in [0.15, 0.2) is 11.5 Å². The molecule has 0 bridgehead atoms. The van der Waals surface area contributed by atoms with Crippen molar-refractivity contribution in [3.8, 4) is 11.5 Å². The molecular weight excluding hydrogens is 436 g/mol. The van der Waals surface area contributed by atoms with Gasteiger partial charge in [-0.3, -0.25) is 9.78 Å². The number of thiazole rings is 1. The largest absolute Gasteiger partial charge is 0.454 e. The summed E-state index contributed by atoms with van der Waals surface area (Å²) in [4.78, 5) is 20.5. The molecule has 2 aliphatic heterocycles. The minimum Gasteiger partial charge on any atom is -0.454 e. The van der Waals surface area contributed by atoms with Gasteiger partial charge in [0, 0.05) is 53.2 Å². The van der Waals surface area contributed by atoms with Crippen LogP contribution in [0.15, 0.2) is 54.2 Å². The van der Waals surface area contributed by atoms with E-state index in [-0.39, 0.29) is 12.7 Å². The normalized spacial score (nSPS) is 16.6. The second-order valence-corrected chi connectivity index (χ2v) is 9.54. The van der Waals surface area contributed by atoms with Crippen molar-refractivity contribution in [3.63, 3.8) is 0 Å². The van der Waals surface area contributed by atoms with E-state index in [9.17, 15) is 4.79 Å². The van der Waals surface area contributed by atoms with Gasteiger partial charge in [-0.25, -0.2) is 0 Å². The van der Waals surface area contributed by atoms with Gasteiger partial charge in [0.2, 0.25) is 6.79 Å². The maximum absolute atomic E-state index is 12.6. The molecule has 0 aliphatic carbocycles. The number of carbonyl (C=O) groups is 1. The molecule has 3 heterocycles. The summed E-state index contributed by atoms with van der Waals surface area (Å²) in [5.74, 6) is 1.11. The Bertz CT molecular complexity index is 1080. The van der Waals surface area contributed by atoms with Crippen molar-refractivity contribution < 1.29 is 14.3 Å². The van der Waals surface area contributed by atoms with Gasteiger partial charge in [-0.15, -0.1) is 11.3 Å². The van der Waals surface area contributed by atoms with E-state index in [1.54, 1.807) is 29.5 Å². The van der Waals surface area contributed by atoms with E-state index in [0.717, 1.165) is 38.0 Å². The molecule has 7 nitrogen and oxygen atoms in total. The Morgan fingerprint density at radius 1 is 1.15 bits per heavy atom. The predicted octanol–water partition coefficient (Wildman–Crippen LogP) is 4.31. The molecule has 172 valence electrons. The van der Waals surface area contributed by atoms with Crippen LogP contribution in [-0.2, 0) is 6.42 Å². The summed E-state index contributed by atoms with van der Waals surface area (Å²) in [5.41, 5.74) is 4.40. The molecule has 33 heavy (non-hydrogen) atoms. The third-order valence-electron chi connectivity index (χ3n) is 6.13. The Morgan fingerprint density at radius 3 is 2.70 bits per heavy atom. The second kappa shape index (κ2) is 9.80. The van der Waals surface area contributed by atoms with Crippen molar-refractivity contribution in [1.29, 1.82) is 0 Å². The first-order valence-corrected chi connectivity index (χ1v) is 12.2. The van der Waals surface area contributed by atoms with Crippen molar-refractivity contribution in [3.05, 3.63) is 64.6 Å². The number of nitrogens with one attached hydrogen (secondary N) is 2. The Morgan fingerprint density at radius 2 is 1.94 bits per heavy atom. The number of nitrogens with zero attached hydrogens (tertiary/aromatic N) is 2. The molecule has 1 fully saturated rings. The van der Waals surface area contributed by atoms with Crippen LogP contribution in [0.4, 0.5) is 11.4 Å². The van der Waals surface area contributed by atoms with Crippen LogP contribution in [-0.4, -0.2) is 42.9 Å². The van der Waals surface area contributed by atoms with Crippen molar-refractivity contribution in [2.75, 3.05) is 30.1 Å². The Kier molecular flexibility index (Phi) is 6.46. The molecule has 3 aromatic rings. The Labute approximate surface area is 197 Å². The summed E-state index contributed by atoms with van der Waals surface area (Å²) in [5, 5.41) is 6.74. The number of amides is 1. The van der Waals surface area contributed by atoms with Crippen LogP contribution in [0, 0.1) is 0 Å². The van der Waals surface area contributed by atoms with Gasteiger partial charge in [0.05, 0.1) is 5.51 Å².